The highest BCUT2D eigenvalue weighted by molar-refractivity contribution is 6.04. The van der Waals surface area contributed by atoms with Gasteiger partial charge in [-0.05, 0) is 60.7 Å². The van der Waals surface area contributed by atoms with E-state index in [1.54, 1.807) is 31.2 Å². The van der Waals surface area contributed by atoms with Crippen molar-refractivity contribution in [1.29, 1.82) is 0 Å². The minimum absolute atomic E-state index is 0.162. The van der Waals surface area contributed by atoms with Crippen LogP contribution in [0, 0.1) is 6.92 Å². The minimum atomic E-state index is -0.162. The second-order valence-electron chi connectivity index (χ2n) is 5.79. The van der Waals surface area contributed by atoms with Crippen molar-refractivity contribution in [3.8, 4) is 17.1 Å². The molecule has 26 heavy (non-hydrogen) atoms. The molecule has 0 spiro atoms. The van der Waals surface area contributed by atoms with Crippen LogP contribution in [-0.2, 0) is 0 Å². The van der Waals surface area contributed by atoms with E-state index in [2.05, 4.69) is 15.5 Å². The van der Waals surface area contributed by atoms with Crippen molar-refractivity contribution in [3.63, 3.8) is 0 Å². The van der Waals surface area contributed by atoms with Gasteiger partial charge in [-0.15, -0.1) is 10.2 Å². The van der Waals surface area contributed by atoms with Crippen molar-refractivity contribution in [1.82, 2.24) is 14.8 Å². The fraction of sp³-hybridized carbons (Fsp3) is 0.0500. The van der Waals surface area contributed by atoms with Crippen LogP contribution in [0.5, 0.6) is 0 Å². The van der Waals surface area contributed by atoms with Crippen LogP contribution in [0.1, 0.15) is 16.2 Å². The molecule has 0 aliphatic rings. The van der Waals surface area contributed by atoms with Crippen LogP contribution in [-0.4, -0.2) is 20.7 Å². The van der Waals surface area contributed by atoms with E-state index in [1.807, 2.05) is 53.4 Å². The van der Waals surface area contributed by atoms with Crippen LogP contribution in [0.4, 0.5) is 5.69 Å². The van der Waals surface area contributed by atoms with E-state index in [0.29, 0.717) is 23.0 Å². The molecule has 6 heteroatoms. The predicted molar refractivity (Wildman–Crippen MR) is 98.2 cm³/mol. The van der Waals surface area contributed by atoms with Crippen molar-refractivity contribution in [2.75, 3.05) is 5.32 Å². The quantitative estimate of drug-likeness (QED) is 0.605. The van der Waals surface area contributed by atoms with E-state index in [4.69, 9.17) is 4.42 Å². The Labute approximate surface area is 150 Å². The Morgan fingerprint density at radius 1 is 0.962 bits per heavy atom. The fourth-order valence-electron chi connectivity index (χ4n) is 2.60. The first-order valence-corrected chi connectivity index (χ1v) is 8.14. The molecule has 1 amide bonds. The maximum Gasteiger partial charge on any atom is 0.255 e. The molecule has 2 aromatic heterocycles. The lowest BCUT2D eigenvalue weighted by Crippen LogP contribution is -2.11. The van der Waals surface area contributed by atoms with Gasteiger partial charge in [0.2, 0.25) is 11.8 Å². The zero-order valence-corrected chi connectivity index (χ0v) is 14.1. The highest BCUT2D eigenvalue weighted by atomic mass is 16.4. The third kappa shape index (κ3) is 3.25. The van der Waals surface area contributed by atoms with Gasteiger partial charge >= 0.3 is 0 Å². The molecule has 2 heterocycles. The molecule has 6 nitrogen and oxygen atoms in total. The van der Waals surface area contributed by atoms with Crippen LogP contribution in [0.2, 0.25) is 0 Å². The molecule has 0 aliphatic carbocycles. The van der Waals surface area contributed by atoms with Gasteiger partial charge in [0, 0.05) is 41.8 Å². The highest BCUT2D eigenvalue weighted by Gasteiger charge is 2.09. The van der Waals surface area contributed by atoms with E-state index in [-0.39, 0.29) is 5.91 Å². The van der Waals surface area contributed by atoms with Crippen molar-refractivity contribution in [2.24, 2.45) is 0 Å². The number of carbonyl (C=O) groups excluding carboxylic acids is 1. The molecule has 0 saturated heterocycles. The lowest BCUT2D eigenvalue weighted by molar-refractivity contribution is 0.102. The zero-order chi connectivity index (χ0) is 17.9. The summed E-state index contributed by atoms with van der Waals surface area (Å²) in [5, 5.41) is 10.7. The number of aromatic nitrogens is 3. The third-order valence-electron chi connectivity index (χ3n) is 3.95. The van der Waals surface area contributed by atoms with Gasteiger partial charge in [0.1, 0.15) is 0 Å². The minimum Gasteiger partial charge on any atom is -0.421 e. The number of rotatable bonds is 4. The SMILES string of the molecule is Cc1nnc(-c2ccc(NC(=O)c3ccc(-n4cccc4)cc3)cc2)o1. The Bertz CT molecular complexity index is 1020. The van der Waals surface area contributed by atoms with Crippen molar-refractivity contribution >= 4 is 11.6 Å². The summed E-state index contributed by atoms with van der Waals surface area (Å²) in [5.74, 6) is 0.812. The summed E-state index contributed by atoms with van der Waals surface area (Å²) < 4.78 is 7.38. The van der Waals surface area contributed by atoms with E-state index >= 15 is 0 Å². The van der Waals surface area contributed by atoms with E-state index in [0.717, 1.165) is 11.3 Å². The summed E-state index contributed by atoms with van der Waals surface area (Å²) >= 11 is 0. The van der Waals surface area contributed by atoms with Gasteiger partial charge in [-0.3, -0.25) is 4.79 Å². The maximum atomic E-state index is 12.4. The summed E-state index contributed by atoms with van der Waals surface area (Å²) in [5.41, 5.74) is 3.10. The number of hydrogen-bond donors (Lipinski definition) is 1. The maximum absolute atomic E-state index is 12.4. The Morgan fingerprint density at radius 3 is 2.27 bits per heavy atom. The Hall–Kier alpha value is -3.67. The second kappa shape index (κ2) is 6.68. The molecule has 4 rings (SSSR count). The zero-order valence-electron chi connectivity index (χ0n) is 14.1. The summed E-state index contributed by atoms with van der Waals surface area (Å²) in [4.78, 5) is 12.4. The second-order valence-corrected chi connectivity index (χ2v) is 5.79. The smallest absolute Gasteiger partial charge is 0.255 e. The summed E-state index contributed by atoms with van der Waals surface area (Å²) in [6.07, 6.45) is 3.92. The molecule has 128 valence electrons. The molecule has 0 bridgehead atoms. The van der Waals surface area contributed by atoms with Crippen molar-refractivity contribution in [2.45, 2.75) is 6.92 Å². The summed E-state index contributed by atoms with van der Waals surface area (Å²) in [6.45, 7) is 1.74. The molecule has 0 unspecified atom stereocenters. The number of nitrogens with zero attached hydrogens (tertiary/aromatic N) is 3. The Kier molecular flexibility index (Phi) is 4.07. The topological polar surface area (TPSA) is 73.0 Å². The van der Waals surface area contributed by atoms with Crippen LogP contribution >= 0.6 is 0 Å². The van der Waals surface area contributed by atoms with E-state index in [1.165, 1.54) is 0 Å². The third-order valence-corrected chi connectivity index (χ3v) is 3.95. The number of anilines is 1. The lowest BCUT2D eigenvalue weighted by atomic mass is 10.1. The van der Waals surface area contributed by atoms with Crippen molar-refractivity contribution < 1.29 is 9.21 Å². The fourth-order valence-corrected chi connectivity index (χ4v) is 2.60. The average Bonchev–Trinajstić information content (AvgIpc) is 3.34. The Balaban J connectivity index is 1.46. The monoisotopic (exact) mass is 344 g/mol. The number of aryl methyl sites for hydroxylation is 1. The normalized spacial score (nSPS) is 10.7. The standard InChI is InChI=1S/C20H16N4O2/c1-14-22-23-20(26-14)16-4-8-17(9-5-16)21-19(25)15-6-10-18(11-7-15)24-12-2-3-13-24/h2-13H,1H3,(H,21,25). The molecule has 0 aliphatic heterocycles. The average molecular weight is 344 g/mol. The van der Waals surface area contributed by atoms with Crippen LogP contribution in [0.25, 0.3) is 17.1 Å². The van der Waals surface area contributed by atoms with Gasteiger partial charge < -0.3 is 14.3 Å². The molecular weight excluding hydrogens is 328 g/mol. The molecular formula is C20H16N4O2. The molecule has 0 atom stereocenters. The van der Waals surface area contributed by atoms with Gasteiger partial charge in [0.05, 0.1) is 0 Å². The summed E-state index contributed by atoms with van der Waals surface area (Å²) in [6, 6.07) is 18.6. The first kappa shape index (κ1) is 15.8. The van der Waals surface area contributed by atoms with Gasteiger partial charge in [-0.25, -0.2) is 0 Å². The number of nitrogens with one attached hydrogen (secondary N) is 1. The number of hydrogen-bond acceptors (Lipinski definition) is 4. The van der Waals surface area contributed by atoms with Crippen LogP contribution in [0.15, 0.2) is 77.5 Å². The van der Waals surface area contributed by atoms with Gasteiger partial charge in [0.15, 0.2) is 0 Å². The molecule has 4 aromatic rings. The lowest BCUT2D eigenvalue weighted by Gasteiger charge is -2.07. The van der Waals surface area contributed by atoms with E-state index < -0.39 is 0 Å². The molecule has 0 radical (unpaired) electrons. The summed E-state index contributed by atoms with van der Waals surface area (Å²) in [7, 11) is 0. The van der Waals surface area contributed by atoms with Gasteiger partial charge in [-0.2, -0.15) is 0 Å². The Morgan fingerprint density at radius 2 is 1.65 bits per heavy atom. The molecule has 0 saturated carbocycles. The first-order chi connectivity index (χ1) is 12.7. The highest BCUT2D eigenvalue weighted by Crippen LogP contribution is 2.20. The number of benzene rings is 2. The number of amides is 1. The largest absolute Gasteiger partial charge is 0.421 e. The van der Waals surface area contributed by atoms with Crippen LogP contribution < -0.4 is 5.32 Å². The number of carbonyl (C=O) groups is 1. The molecule has 2 aromatic carbocycles. The predicted octanol–water partition coefficient (Wildman–Crippen LogP) is 4.09. The molecule has 1 N–H and O–H groups in total. The van der Waals surface area contributed by atoms with Gasteiger partial charge in [0.25, 0.3) is 5.91 Å². The molecule has 0 fully saturated rings. The van der Waals surface area contributed by atoms with Gasteiger partial charge in [-0.1, -0.05) is 0 Å². The first-order valence-electron chi connectivity index (χ1n) is 8.14. The van der Waals surface area contributed by atoms with Crippen molar-refractivity contribution in [3.05, 3.63) is 84.5 Å². The van der Waals surface area contributed by atoms with E-state index in [9.17, 15) is 4.79 Å². The van der Waals surface area contributed by atoms with Crippen LogP contribution in [0.3, 0.4) is 0 Å².